The smallest absolute Gasteiger partial charge is 0.383 e. The summed E-state index contributed by atoms with van der Waals surface area (Å²) in [6, 6.07) is 0. The van der Waals surface area contributed by atoms with Gasteiger partial charge >= 0.3 is 6.18 Å². The summed E-state index contributed by atoms with van der Waals surface area (Å²) in [6.45, 7) is 0. The second kappa shape index (κ2) is 3.99. The third kappa shape index (κ3) is 2.23. The average molecular weight is 308 g/mol. The number of nitrogens with zero attached hydrogens (tertiary/aromatic N) is 4. The van der Waals surface area contributed by atoms with Gasteiger partial charge in [-0.15, -0.1) is 0 Å². The molecule has 0 saturated carbocycles. The summed E-state index contributed by atoms with van der Waals surface area (Å²) < 4.78 is 38.4. The minimum absolute atomic E-state index is 0.124. The molecule has 0 aliphatic rings. The van der Waals surface area contributed by atoms with Crippen LogP contribution in [0.25, 0.3) is 5.82 Å². The largest absolute Gasteiger partial charge is 0.419 e. The van der Waals surface area contributed by atoms with Crippen LogP contribution in [-0.4, -0.2) is 19.7 Å². The van der Waals surface area contributed by atoms with Gasteiger partial charge in [-0.2, -0.15) is 18.3 Å². The van der Waals surface area contributed by atoms with Gasteiger partial charge in [-0.25, -0.2) is 14.6 Å². The predicted molar refractivity (Wildman–Crippen MR) is 56.3 cm³/mol. The van der Waals surface area contributed by atoms with Crippen LogP contribution in [0.5, 0.6) is 0 Å². The fourth-order valence-corrected chi connectivity index (χ4v) is 1.50. The van der Waals surface area contributed by atoms with Crippen LogP contribution in [0.1, 0.15) is 5.56 Å². The molecule has 0 saturated heterocycles. The van der Waals surface area contributed by atoms with E-state index in [2.05, 4.69) is 31.0 Å². The molecule has 0 atom stereocenters. The molecule has 5 nitrogen and oxygen atoms in total. The SMILES string of the molecule is Nc1ncnc(-n2cc(C(F)(F)F)cn2)c1Br. The molecule has 0 aliphatic heterocycles. The van der Waals surface area contributed by atoms with Crippen LogP contribution in [0.15, 0.2) is 23.2 Å². The lowest BCUT2D eigenvalue weighted by Crippen LogP contribution is -2.05. The van der Waals surface area contributed by atoms with Gasteiger partial charge in [0, 0.05) is 6.20 Å². The van der Waals surface area contributed by atoms with Gasteiger partial charge in [0.15, 0.2) is 5.82 Å². The van der Waals surface area contributed by atoms with Crippen molar-refractivity contribution in [3.8, 4) is 5.82 Å². The summed E-state index contributed by atoms with van der Waals surface area (Å²) in [5.41, 5.74) is 4.63. The maximum atomic E-state index is 12.4. The van der Waals surface area contributed by atoms with Crippen LogP contribution in [0.3, 0.4) is 0 Å². The highest BCUT2D eigenvalue weighted by Crippen LogP contribution is 2.30. The van der Waals surface area contributed by atoms with E-state index in [1.807, 2.05) is 0 Å². The van der Waals surface area contributed by atoms with Crippen molar-refractivity contribution in [1.29, 1.82) is 0 Å². The molecule has 0 fully saturated rings. The molecule has 2 N–H and O–H groups in total. The van der Waals surface area contributed by atoms with Crippen LogP contribution in [0.2, 0.25) is 0 Å². The van der Waals surface area contributed by atoms with Gasteiger partial charge in [0.1, 0.15) is 16.6 Å². The van der Waals surface area contributed by atoms with E-state index in [-0.39, 0.29) is 16.1 Å². The monoisotopic (exact) mass is 307 g/mol. The Bertz CT molecular complexity index is 550. The normalized spacial score (nSPS) is 11.8. The van der Waals surface area contributed by atoms with Gasteiger partial charge in [-0.05, 0) is 15.9 Å². The van der Waals surface area contributed by atoms with Gasteiger partial charge in [-0.3, -0.25) is 0 Å². The van der Waals surface area contributed by atoms with Crippen LogP contribution >= 0.6 is 15.9 Å². The van der Waals surface area contributed by atoms with E-state index in [4.69, 9.17) is 5.73 Å². The summed E-state index contributed by atoms with van der Waals surface area (Å²) in [5.74, 6) is 0.270. The zero-order valence-electron chi connectivity index (χ0n) is 8.11. The quantitative estimate of drug-likeness (QED) is 0.875. The maximum Gasteiger partial charge on any atom is 0.419 e. The van der Waals surface area contributed by atoms with E-state index < -0.39 is 11.7 Å². The van der Waals surface area contributed by atoms with E-state index in [1.54, 1.807) is 0 Å². The lowest BCUT2D eigenvalue weighted by Gasteiger charge is -2.04. The lowest BCUT2D eigenvalue weighted by atomic mass is 10.4. The van der Waals surface area contributed by atoms with Crippen molar-refractivity contribution in [1.82, 2.24) is 19.7 Å². The minimum Gasteiger partial charge on any atom is -0.383 e. The Balaban J connectivity index is 2.48. The van der Waals surface area contributed by atoms with E-state index in [0.29, 0.717) is 6.20 Å². The molecule has 0 aromatic carbocycles. The van der Waals surface area contributed by atoms with Crippen molar-refractivity contribution in [2.45, 2.75) is 6.18 Å². The summed E-state index contributed by atoms with van der Waals surface area (Å²) in [6.07, 6.45) is -1.76. The maximum absolute atomic E-state index is 12.4. The summed E-state index contributed by atoms with van der Waals surface area (Å²) in [7, 11) is 0. The topological polar surface area (TPSA) is 69.6 Å². The summed E-state index contributed by atoms with van der Waals surface area (Å²) in [4.78, 5) is 7.48. The minimum atomic E-state index is -4.44. The Morgan fingerprint density at radius 1 is 1.29 bits per heavy atom. The second-order valence-corrected chi connectivity index (χ2v) is 3.86. The first-order valence-corrected chi connectivity index (χ1v) is 5.07. The molecule has 17 heavy (non-hydrogen) atoms. The van der Waals surface area contributed by atoms with Crippen molar-refractivity contribution in [2.75, 3.05) is 5.73 Å². The zero-order chi connectivity index (χ0) is 12.6. The molecule has 90 valence electrons. The number of nitrogens with two attached hydrogens (primary N) is 1. The lowest BCUT2D eigenvalue weighted by molar-refractivity contribution is -0.137. The van der Waals surface area contributed by atoms with E-state index >= 15 is 0 Å². The van der Waals surface area contributed by atoms with Crippen molar-refractivity contribution in [2.24, 2.45) is 0 Å². The highest BCUT2D eigenvalue weighted by Gasteiger charge is 2.32. The van der Waals surface area contributed by atoms with E-state index in [1.165, 1.54) is 0 Å². The Morgan fingerprint density at radius 2 is 2.00 bits per heavy atom. The number of hydrogen-bond donors (Lipinski definition) is 1. The number of nitrogen functional groups attached to an aromatic ring is 1. The number of rotatable bonds is 1. The average Bonchev–Trinajstić information content (AvgIpc) is 2.70. The molecule has 2 aromatic heterocycles. The highest BCUT2D eigenvalue weighted by atomic mass is 79.9. The third-order valence-corrected chi connectivity index (χ3v) is 2.69. The molecule has 9 heteroatoms. The van der Waals surface area contributed by atoms with Crippen molar-refractivity contribution >= 4 is 21.7 Å². The first-order valence-electron chi connectivity index (χ1n) is 4.28. The van der Waals surface area contributed by atoms with Crippen molar-refractivity contribution in [3.05, 3.63) is 28.8 Å². The Morgan fingerprint density at radius 3 is 2.59 bits per heavy atom. The molecule has 0 aliphatic carbocycles. The highest BCUT2D eigenvalue weighted by molar-refractivity contribution is 9.10. The molecule has 0 unspecified atom stereocenters. The first kappa shape index (κ1) is 11.8. The van der Waals surface area contributed by atoms with Crippen molar-refractivity contribution < 1.29 is 13.2 Å². The fraction of sp³-hybridized carbons (Fsp3) is 0.125. The molecular weight excluding hydrogens is 303 g/mol. The number of alkyl halides is 3. The molecule has 2 heterocycles. The number of aromatic nitrogens is 4. The third-order valence-electron chi connectivity index (χ3n) is 1.92. The summed E-state index contributed by atoms with van der Waals surface area (Å²) >= 11 is 3.08. The molecule has 0 radical (unpaired) electrons. The van der Waals surface area contributed by atoms with Crippen LogP contribution in [0, 0.1) is 0 Å². The zero-order valence-corrected chi connectivity index (χ0v) is 9.70. The van der Waals surface area contributed by atoms with Gasteiger partial charge in [0.05, 0.1) is 11.8 Å². The van der Waals surface area contributed by atoms with E-state index in [9.17, 15) is 13.2 Å². The second-order valence-electron chi connectivity index (χ2n) is 3.07. The summed E-state index contributed by atoms with van der Waals surface area (Å²) in [5, 5.41) is 3.58. The molecule has 2 aromatic rings. The molecule has 0 spiro atoms. The molecule has 0 amide bonds. The number of anilines is 1. The number of hydrogen-bond acceptors (Lipinski definition) is 4. The van der Waals surface area contributed by atoms with E-state index in [0.717, 1.165) is 17.2 Å². The molecular formula is C8H5BrF3N5. The predicted octanol–water partition coefficient (Wildman–Crippen LogP) is 2.03. The van der Waals surface area contributed by atoms with Gasteiger partial charge in [0.25, 0.3) is 0 Å². The van der Waals surface area contributed by atoms with Crippen molar-refractivity contribution in [3.63, 3.8) is 0 Å². The van der Waals surface area contributed by atoms with Crippen LogP contribution in [-0.2, 0) is 6.18 Å². The van der Waals surface area contributed by atoms with Gasteiger partial charge in [0.2, 0.25) is 0 Å². The Kier molecular flexibility index (Phi) is 2.77. The van der Waals surface area contributed by atoms with Crippen LogP contribution in [0.4, 0.5) is 19.0 Å². The van der Waals surface area contributed by atoms with Gasteiger partial charge < -0.3 is 5.73 Å². The van der Waals surface area contributed by atoms with Crippen LogP contribution < -0.4 is 5.73 Å². The fourth-order valence-electron chi connectivity index (χ4n) is 1.12. The van der Waals surface area contributed by atoms with Gasteiger partial charge in [-0.1, -0.05) is 0 Å². The Hall–Kier alpha value is -1.64. The first-order chi connectivity index (χ1) is 7.89. The molecule has 2 rings (SSSR count). The Labute approximate surface area is 102 Å². The standard InChI is InChI=1S/C8H5BrF3N5/c9-5-6(13)14-3-15-7(5)17-2-4(1-16-17)8(10,11)12/h1-3H,(H2,13,14,15). The number of halogens is 4. The molecule has 0 bridgehead atoms.